The Morgan fingerprint density at radius 2 is 1.76 bits per heavy atom. The molecule has 0 atom stereocenters. The molecule has 1 aliphatic rings. The van der Waals surface area contributed by atoms with Crippen molar-refractivity contribution in [2.45, 2.75) is 13.8 Å². The van der Waals surface area contributed by atoms with Crippen molar-refractivity contribution >= 4 is 23.6 Å². The first kappa shape index (κ1) is 18.0. The van der Waals surface area contributed by atoms with Crippen molar-refractivity contribution < 1.29 is 19.1 Å². The zero-order chi connectivity index (χ0) is 18.2. The van der Waals surface area contributed by atoms with E-state index in [0.717, 1.165) is 5.57 Å². The van der Waals surface area contributed by atoms with Crippen LogP contribution in [0.1, 0.15) is 24.2 Å². The maximum atomic E-state index is 12.1. The van der Waals surface area contributed by atoms with E-state index >= 15 is 0 Å². The number of benzene rings is 1. The van der Waals surface area contributed by atoms with Crippen LogP contribution >= 0.6 is 0 Å². The summed E-state index contributed by atoms with van der Waals surface area (Å²) in [5, 5.41) is 5.31. The average molecular weight is 341 g/mol. The lowest BCUT2D eigenvalue weighted by molar-refractivity contribution is -0.114. The SMILES string of the molecule is CCOC(=O)N1C=CC(=CNC(=O)c2ccc(NC(C)=O)cc2)C=C1. The van der Waals surface area contributed by atoms with E-state index < -0.39 is 6.09 Å². The Morgan fingerprint density at radius 1 is 1.12 bits per heavy atom. The third kappa shape index (κ3) is 5.35. The van der Waals surface area contributed by atoms with Crippen molar-refractivity contribution in [3.05, 3.63) is 66.2 Å². The summed E-state index contributed by atoms with van der Waals surface area (Å²) in [4.78, 5) is 35.9. The molecule has 3 amide bonds. The molecule has 1 heterocycles. The minimum Gasteiger partial charge on any atom is -0.449 e. The molecular weight excluding hydrogens is 322 g/mol. The predicted octanol–water partition coefficient (Wildman–Crippen LogP) is 2.76. The third-order valence-electron chi connectivity index (χ3n) is 3.17. The van der Waals surface area contributed by atoms with Crippen LogP contribution in [0.5, 0.6) is 0 Å². The van der Waals surface area contributed by atoms with Crippen molar-refractivity contribution in [3.8, 4) is 0 Å². The number of nitrogens with one attached hydrogen (secondary N) is 2. The molecule has 0 spiro atoms. The van der Waals surface area contributed by atoms with Gasteiger partial charge in [0.25, 0.3) is 5.91 Å². The van der Waals surface area contributed by atoms with E-state index in [2.05, 4.69) is 10.6 Å². The highest BCUT2D eigenvalue weighted by Crippen LogP contribution is 2.11. The average Bonchev–Trinajstić information content (AvgIpc) is 2.60. The summed E-state index contributed by atoms with van der Waals surface area (Å²) in [5.74, 6) is -0.453. The highest BCUT2D eigenvalue weighted by Gasteiger charge is 2.11. The van der Waals surface area contributed by atoms with Gasteiger partial charge in [-0.2, -0.15) is 0 Å². The van der Waals surface area contributed by atoms with Gasteiger partial charge in [-0.15, -0.1) is 0 Å². The highest BCUT2D eigenvalue weighted by atomic mass is 16.5. The van der Waals surface area contributed by atoms with Crippen LogP contribution in [0, 0.1) is 0 Å². The summed E-state index contributed by atoms with van der Waals surface area (Å²) in [6.07, 6.45) is 7.54. The lowest BCUT2D eigenvalue weighted by Crippen LogP contribution is -2.23. The van der Waals surface area contributed by atoms with Gasteiger partial charge in [-0.05, 0) is 48.9 Å². The van der Waals surface area contributed by atoms with Gasteiger partial charge in [0.05, 0.1) is 6.61 Å². The summed E-state index contributed by atoms with van der Waals surface area (Å²) >= 11 is 0. The number of allylic oxidation sites excluding steroid dienone is 3. The zero-order valence-electron chi connectivity index (χ0n) is 14.0. The molecule has 0 bridgehead atoms. The topological polar surface area (TPSA) is 87.7 Å². The Hall–Kier alpha value is -3.35. The van der Waals surface area contributed by atoms with Crippen LogP contribution in [0.4, 0.5) is 10.5 Å². The largest absolute Gasteiger partial charge is 0.449 e. The Kier molecular flexibility index (Phi) is 6.11. The first-order valence-corrected chi connectivity index (χ1v) is 7.70. The molecule has 2 N–H and O–H groups in total. The molecule has 1 aliphatic heterocycles. The zero-order valence-corrected chi connectivity index (χ0v) is 14.0. The second-order valence-electron chi connectivity index (χ2n) is 5.11. The molecule has 0 radical (unpaired) electrons. The standard InChI is InChI=1S/C18H19N3O4/c1-3-25-18(24)21-10-8-14(9-11-21)12-19-17(23)15-4-6-16(7-5-15)20-13(2)22/h4-12H,3H2,1-2H3,(H,19,23)(H,20,22). The fourth-order valence-electron chi connectivity index (χ4n) is 1.99. The van der Waals surface area contributed by atoms with E-state index in [0.29, 0.717) is 17.9 Å². The van der Waals surface area contributed by atoms with Crippen molar-refractivity contribution in [1.29, 1.82) is 0 Å². The van der Waals surface area contributed by atoms with Gasteiger partial charge in [0, 0.05) is 36.8 Å². The van der Waals surface area contributed by atoms with E-state index in [9.17, 15) is 14.4 Å². The van der Waals surface area contributed by atoms with Gasteiger partial charge in [-0.1, -0.05) is 0 Å². The monoisotopic (exact) mass is 341 g/mol. The van der Waals surface area contributed by atoms with Crippen LogP contribution < -0.4 is 10.6 Å². The van der Waals surface area contributed by atoms with Crippen molar-refractivity contribution in [3.63, 3.8) is 0 Å². The minimum absolute atomic E-state index is 0.172. The molecule has 0 saturated heterocycles. The molecule has 25 heavy (non-hydrogen) atoms. The lowest BCUT2D eigenvalue weighted by Gasteiger charge is -2.16. The van der Waals surface area contributed by atoms with Crippen molar-refractivity contribution in [2.75, 3.05) is 11.9 Å². The molecule has 0 aliphatic carbocycles. The van der Waals surface area contributed by atoms with E-state index in [1.807, 2.05) is 0 Å². The van der Waals surface area contributed by atoms with Crippen LogP contribution in [-0.4, -0.2) is 29.4 Å². The van der Waals surface area contributed by atoms with Gasteiger partial charge in [0.15, 0.2) is 0 Å². The molecule has 1 aromatic rings. The Balaban J connectivity index is 1.92. The summed E-state index contributed by atoms with van der Waals surface area (Å²) in [6, 6.07) is 6.55. The number of amides is 3. The molecule has 0 unspecified atom stereocenters. The molecule has 2 rings (SSSR count). The van der Waals surface area contributed by atoms with Crippen LogP contribution in [0.3, 0.4) is 0 Å². The second-order valence-corrected chi connectivity index (χ2v) is 5.11. The molecule has 130 valence electrons. The normalized spacial score (nSPS) is 12.6. The number of hydrogen-bond donors (Lipinski definition) is 2. The van der Waals surface area contributed by atoms with Crippen LogP contribution in [-0.2, 0) is 9.53 Å². The third-order valence-corrected chi connectivity index (χ3v) is 3.17. The molecule has 0 aromatic heterocycles. The number of rotatable bonds is 4. The summed E-state index contributed by atoms with van der Waals surface area (Å²) in [6.45, 7) is 3.45. The summed E-state index contributed by atoms with van der Waals surface area (Å²) < 4.78 is 4.88. The van der Waals surface area contributed by atoms with Crippen molar-refractivity contribution in [2.24, 2.45) is 0 Å². The summed E-state index contributed by atoms with van der Waals surface area (Å²) in [5.41, 5.74) is 1.81. The Morgan fingerprint density at radius 3 is 2.32 bits per heavy atom. The number of nitrogens with zero attached hydrogens (tertiary/aromatic N) is 1. The van der Waals surface area contributed by atoms with Gasteiger partial charge in [0.1, 0.15) is 0 Å². The van der Waals surface area contributed by atoms with Gasteiger partial charge >= 0.3 is 6.09 Å². The maximum Gasteiger partial charge on any atom is 0.417 e. The fourth-order valence-corrected chi connectivity index (χ4v) is 1.99. The number of anilines is 1. The molecule has 0 fully saturated rings. The maximum absolute atomic E-state index is 12.1. The van der Waals surface area contributed by atoms with E-state index in [1.54, 1.807) is 61.9 Å². The number of ether oxygens (including phenoxy) is 1. The molecule has 7 heteroatoms. The summed E-state index contributed by atoms with van der Waals surface area (Å²) in [7, 11) is 0. The Labute approximate surface area is 145 Å². The van der Waals surface area contributed by atoms with Crippen molar-refractivity contribution in [1.82, 2.24) is 10.2 Å². The quantitative estimate of drug-likeness (QED) is 0.881. The molecule has 0 saturated carbocycles. The smallest absolute Gasteiger partial charge is 0.417 e. The molecule has 7 nitrogen and oxygen atoms in total. The lowest BCUT2D eigenvalue weighted by atomic mass is 10.2. The van der Waals surface area contributed by atoms with Gasteiger partial charge in [0.2, 0.25) is 5.91 Å². The first-order chi connectivity index (χ1) is 12.0. The van der Waals surface area contributed by atoms with E-state index in [1.165, 1.54) is 11.8 Å². The first-order valence-electron chi connectivity index (χ1n) is 7.70. The Bertz CT molecular complexity index is 732. The van der Waals surface area contributed by atoms with Gasteiger partial charge in [-0.25, -0.2) is 4.79 Å². The van der Waals surface area contributed by atoms with Gasteiger partial charge < -0.3 is 15.4 Å². The molecule has 1 aromatic carbocycles. The predicted molar refractivity (Wildman–Crippen MR) is 93.4 cm³/mol. The van der Waals surface area contributed by atoms with Crippen LogP contribution in [0.25, 0.3) is 0 Å². The number of hydrogen-bond acceptors (Lipinski definition) is 4. The van der Waals surface area contributed by atoms with E-state index in [4.69, 9.17) is 4.74 Å². The van der Waals surface area contributed by atoms with E-state index in [-0.39, 0.29) is 11.8 Å². The highest BCUT2D eigenvalue weighted by molar-refractivity contribution is 5.96. The molecular formula is C18H19N3O4. The number of carbonyl (C=O) groups is 3. The minimum atomic E-state index is -0.461. The van der Waals surface area contributed by atoms with Crippen LogP contribution in [0.15, 0.2) is 60.6 Å². The van der Waals surface area contributed by atoms with Gasteiger partial charge in [-0.3, -0.25) is 14.5 Å². The number of carbonyl (C=O) groups excluding carboxylic acids is 3. The van der Waals surface area contributed by atoms with Crippen LogP contribution in [0.2, 0.25) is 0 Å². The fraction of sp³-hybridized carbons (Fsp3) is 0.167. The second kappa shape index (κ2) is 8.49.